The summed E-state index contributed by atoms with van der Waals surface area (Å²) in [7, 11) is 0. The van der Waals surface area contributed by atoms with Gasteiger partial charge in [0.05, 0.1) is 12.6 Å². The summed E-state index contributed by atoms with van der Waals surface area (Å²) in [6.07, 6.45) is 2.41. The average Bonchev–Trinajstić information content (AvgIpc) is 2.77. The van der Waals surface area contributed by atoms with Gasteiger partial charge in [-0.15, -0.1) is 0 Å². The van der Waals surface area contributed by atoms with E-state index in [2.05, 4.69) is 5.10 Å². The highest BCUT2D eigenvalue weighted by atomic mass is 16.5. The molecular formula is C13H21N3O3. The number of carbonyl (C=O) groups is 1. The highest BCUT2D eigenvalue weighted by Gasteiger charge is 2.26. The molecule has 0 unspecified atom stereocenters. The first kappa shape index (κ1) is 13.9. The van der Waals surface area contributed by atoms with Crippen molar-refractivity contribution in [3.63, 3.8) is 0 Å². The molecule has 0 radical (unpaired) electrons. The number of esters is 1. The zero-order valence-electron chi connectivity index (χ0n) is 11.5. The van der Waals surface area contributed by atoms with E-state index in [4.69, 9.17) is 15.2 Å². The Labute approximate surface area is 112 Å². The van der Waals surface area contributed by atoms with E-state index in [-0.39, 0.29) is 6.04 Å². The summed E-state index contributed by atoms with van der Waals surface area (Å²) < 4.78 is 12.1. The fraction of sp³-hybridized carbons (Fsp3) is 0.692. The van der Waals surface area contributed by atoms with Crippen molar-refractivity contribution in [2.45, 2.75) is 39.2 Å². The van der Waals surface area contributed by atoms with Gasteiger partial charge in [-0.05, 0) is 26.2 Å². The molecule has 6 heteroatoms. The molecule has 1 aromatic heterocycles. The van der Waals surface area contributed by atoms with Gasteiger partial charge in [-0.1, -0.05) is 6.92 Å². The first-order valence-electron chi connectivity index (χ1n) is 6.80. The number of carbonyl (C=O) groups excluding carboxylic acids is 1. The third-order valence-electron chi connectivity index (χ3n) is 3.41. The molecular weight excluding hydrogens is 246 g/mol. The van der Waals surface area contributed by atoms with Crippen molar-refractivity contribution in [2.75, 3.05) is 25.6 Å². The van der Waals surface area contributed by atoms with E-state index in [9.17, 15) is 4.79 Å². The molecule has 19 heavy (non-hydrogen) atoms. The molecule has 2 N–H and O–H groups in total. The Bertz CT molecular complexity index is 450. The molecule has 6 nitrogen and oxygen atoms in total. The van der Waals surface area contributed by atoms with Gasteiger partial charge in [0, 0.05) is 18.8 Å². The zero-order chi connectivity index (χ0) is 13.8. The van der Waals surface area contributed by atoms with Gasteiger partial charge in [-0.3, -0.25) is 0 Å². The van der Waals surface area contributed by atoms with Gasteiger partial charge < -0.3 is 15.2 Å². The van der Waals surface area contributed by atoms with E-state index in [1.54, 1.807) is 11.6 Å². The number of ether oxygens (including phenoxy) is 2. The first-order chi connectivity index (χ1) is 9.19. The summed E-state index contributed by atoms with van der Waals surface area (Å²) in [5.41, 5.74) is 7.27. The number of hydrogen-bond acceptors (Lipinski definition) is 5. The molecule has 0 bridgehead atoms. The predicted molar refractivity (Wildman–Crippen MR) is 71.1 cm³/mol. The molecule has 1 saturated heterocycles. The predicted octanol–water partition coefficient (Wildman–Crippen LogP) is 1.56. The van der Waals surface area contributed by atoms with Crippen LogP contribution in [0.4, 0.5) is 5.82 Å². The lowest BCUT2D eigenvalue weighted by Gasteiger charge is -2.23. The summed E-state index contributed by atoms with van der Waals surface area (Å²) >= 11 is 0. The van der Waals surface area contributed by atoms with E-state index in [1.165, 1.54) is 0 Å². The molecule has 0 amide bonds. The van der Waals surface area contributed by atoms with E-state index >= 15 is 0 Å². The minimum atomic E-state index is -0.392. The van der Waals surface area contributed by atoms with Crippen molar-refractivity contribution >= 4 is 11.8 Å². The van der Waals surface area contributed by atoms with Gasteiger partial charge in [-0.25, -0.2) is 9.48 Å². The Kier molecular flexibility index (Phi) is 4.42. The van der Waals surface area contributed by atoms with Crippen LogP contribution in [0.1, 0.15) is 48.8 Å². The molecule has 0 aromatic carbocycles. The van der Waals surface area contributed by atoms with Crippen molar-refractivity contribution in [1.29, 1.82) is 0 Å². The van der Waals surface area contributed by atoms with Crippen molar-refractivity contribution in [3.8, 4) is 0 Å². The Hall–Kier alpha value is -1.56. The van der Waals surface area contributed by atoms with Crippen LogP contribution >= 0.6 is 0 Å². The number of nitrogens with two attached hydrogens (primary N) is 1. The van der Waals surface area contributed by atoms with Crippen LogP contribution in [0.3, 0.4) is 0 Å². The lowest BCUT2D eigenvalue weighted by Crippen LogP contribution is -2.22. The Morgan fingerprint density at radius 3 is 2.74 bits per heavy atom. The molecule has 0 saturated carbocycles. The van der Waals surface area contributed by atoms with E-state index < -0.39 is 5.97 Å². The maximum Gasteiger partial charge on any atom is 0.359 e. The van der Waals surface area contributed by atoms with Gasteiger partial charge in [0.15, 0.2) is 5.69 Å². The SMILES string of the molecule is CCOC(=O)c1nn(C2CCOCC2)c(N)c1CC. The lowest BCUT2D eigenvalue weighted by atomic mass is 10.1. The standard InChI is InChI=1S/C13H21N3O3/c1-3-10-11(13(17)19-4-2)15-16(12(10)14)9-5-7-18-8-6-9/h9H,3-8,14H2,1-2H3. The first-order valence-corrected chi connectivity index (χ1v) is 6.80. The minimum Gasteiger partial charge on any atom is -0.461 e. The van der Waals surface area contributed by atoms with Crippen molar-refractivity contribution < 1.29 is 14.3 Å². The van der Waals surface area contributed by atoms with Gasteiger partial charge in [0.25, 0.3) is 0 Å². The topological polar surface area (TPSA) is 79.4 Å². The number of rotatable bonds is 4. The summed E-state index contributed by atoms with van der Waals surface area (Å²) in [4.78, 5) is 11.9. The number of hydrogen-bond donors (Lipinski definition) is 1. The van der Waals surface area contributed by atoms with Crippen LogP contribution in [-0.2, 0) is 15.9 Å². The molecule has 2 heterocycles. The van der Waals surface area contributed by atoms with Crippen LogP contribution in [0.25, 0.3) is 0 Å². The Morgan fingerprint density at radius 1 is 1.47 bits per heavy atom. The summed E-state index contributed by atoms with van der Waals surface area (Å²) in [5.74, 6) is 0.189. The molecule has 106 valence electrons. The minimum absolute atomic E-state index is 0.210. The third-order valence-corrected chi connectivity index (χ3v) is 3.41. The summed E-state index contributed by atoms with van der Waals surface area (Å²) in [6, 6.07) is 0.210. The lowest BCUT2D eigenvalue weighted by molar-refractivity contribution is 0.0512. The number of nitrogens with zero attached hydrogens (tertiary/aromatic N) is 2. The highest BCUT2D eigenvalue weighted by Crippen LogP contribution is 2.27. The van der Waals surface area contributed by atoms with E-state index in [0.717, 1.165) is 18.4 Å². The van der Waals surface area contributed by atoms with E-state index in [0.29, 0.717) is 37.8 Å². The molecule has 1 fully saturated rings. The van der Waals surface area contributed by atoms with Crippen LogP contribution in [0.2, 0.25) is 0 Å². The maximum atomic E-state index is 11.9. The van der Waals surface area contributed by atoms with Crippen molar-refractivity contribution in [3.05, 3.63) is 11.3 Å². The number of nitrogen functional groups attached to an aromatic ring is 1. The quantitative estimate of drug-likeness (QED) is 0.837. The molecule has 1 aromatic rings. The van der Waals surface area contributed by atoms with Crippen molar-refractivity contribution in [1.82, 2.24) is 9.78 Å². The highest BCUT2D eigenvalue weighted by molar-refractivity contribution is 5.90. The monoisotopic (exact) mass is 267 g/mol. The number of anilines is 1. The summed E-state index contributed by atoms with van der Waals surface area (Å²) in [5, 5.41) is 4.38. The Morgan fingerprint density at radius 2 is 2.16 bits per heavy atom. The fourth-order valence-corrected chi connectivity index (χ4v) is 2.40. The zero-order valence-corrected chi connectivity index (χ0v) is 11.5. The van der Waals surface area contributed by atoms with Crippen LogP contribution in [0, 0.1) is 0 Å². The molecule has 1 aliphatic heterocycles. The van der Waals surface area contributed by atoms with Crippen LogP contribution in [0.5, 0.6) is 0 Å². The van der Waals surface area contributed by atoms with E-state index in [1.807, 2.05) is 6.92 Å². The molecule has 1 aliphatic rings. The van der Waals surface area contributed by atoms with Crippen LogP contribution in [0.15, 0.2) is 0 Å². The van der Waals surface area contributed by atoms with Crippen LogP contribution < -0.4 is 5.73 Å². The second kappa shape index (κ2) is 6.06. The average molecular weight is 267 g/mol. The largest absolute Gasteiger partial charge is 0.461 e. The maximum absolute atomic E-state index is 11.9. The van der Waals surface area contributed by atoms with Gasteiger partial charge in [0.2, 0.25) is 0 Å². The Balaban J connectivity index is 2.31. The van der Waals surface area contributed by atoms with Crippen LogP contribution in [-0.4, -0.2) is 35.6 Å². The van der Waals surface area contributed by atoms with Gasteiger partial charge in [0.1, 0.15) is 5.82 Å². The second-order valence-electron chi connectivity index (χ2n) is 4.57. The fourth-order valence-electron chi connectivity index (χ4n) is 2.40. The molecule has 0 aliphatic carbocycles. The normalized spacial score (nSPS) is 16.5. The number of aromatic nitrogens is 2. The molecule has 0 spiro atoms. The van der Waals surface area contributed by atoms with Gasteiger partial charge in [-0.2, -0.15) is 5.10 Å². The summed E-state index contributed by atoms with van der Waals surface area (Å²) in [6.45, 7) is 5.50. The molecule has 2 rings (SSSR count). The smallest absolute Gasteiger partial charge is 0.359 e. The third kappa shape index (κ3) is 2.73. The van der Waals surface area contributed by atoms with Crippen molar-refractivity contribution in [2.24, 2.45) is 0 Å². The van der Waals surface area contributed by atoms with Gasteiger partial charge >= 0.3 is 5.97 Å². The molecule has 0 atom stereocenters. The second-order valence-corrected chi connectivity index (χ2v) is 4.57.